The van der Waals surface area contributed by atoms with Crippen LogP contribution in [0.15, 0.2) is 0 Å². The van der Waals surface area contributed by atoms with Crippen molar-refractivity contribution in [3.05, 3.63) is 22.3 Å². The van der Waals surface area contributed by atoms with Gasteiger partial charge in [0.25, 0.3) is 0 Å². The minimum Gasteiger partial charge on any atom is -0.489 e. The first kappa shape index (κ1) is 51.1. The van der Waals surface area contributed by atoms with Crippen molar-refractivity contribution in [1.82, 2.24) is 15.5 Å². The van der Waals surface area contributed by atoms with Crippen LogP contribution in [0, 0.1) is 38.5 Å². The van der Waals surface area contributed by atoms with E-state index in [4.69, 9.17) is 18.9 Å². The van der Waals surface area contributed by atoms with E-state index < -0.39 is 6.09 Å². The highest BCUT2D eigenvalue weighted by Gasteiger charge is 2.35. The molecule has 1 aliphatic carbocycles. The molecule has 0 unspecified atom stereocenters. The molecule has 62 heavy (non-hydrogen) atoms. The first-order valence-corrected chi connectivity index (χ1v) is 24.8. The highest BCUT2D eigenvalue weighted by atomic mass is 16.6. The summed E-state index contributed by atoms with van der Waals surface area (Å²) in [5.41, 5.74) is 4.38. The van der Waals surface area contributed by atoms with Gasteiger partial charge in [0.05, 0.1) is 13.0 Å². The number of hydrogen-bond donors (Lipinski definition) is 2. The molecular weight excluding hydrogens is 783 g/mol. The molecule has 3 amide bonds. The predicted molar refractivity (Wildman–Crippen MR) is 247 cm³/mol. The summed E-state index contributed by atoms with van der Waals surface area (Å²) in [6.07, 6.45) is 20.6. The van der Waals surface area contributed by atoms with E-state index in [1.54, 1.807) is 4.90 Å². The van der Waals surface area contributed by atoms with Crippen LogP contribution in [0.1, 0.15) is 192 Å². The lowest BCUT2D eigenvalue weighted by atomic mass is 9.83. The standard InChI is InChI=1S/C51H85N3O8/c1-36(2)17-14-18-37(3)19-15-20-38(4)21-16-29-51(8)30-27-44-41(7)48(39(5)40(6)49(44)62-51)59-33-34-60-50(58)52-31-13-9-10-24-46(56)54-32-28-43(35-54)61-47(57)26-25-45(55)53-42-22-11-12-23-42/h36-38,42-43H,9-35H2,1-8H3,(H,52,58)(H,53,55)/t37-,38-,43-,51-/m1/s1. The number of nitrogens with one attached hydrogen (secondary N) is 2. The Kier molecular flexibility index (Phi) is 21.7. The summed E-state index contributed by atoms with van der Waals surface area (Å²) >= 11 is 0. The maximum absolute atomic E-state index is 12.7. The molecule has 0 bridgehead atoms. The number of ether oxygens (including phenoxy) is 4. The summed E-state index contributed by atoms with van der Waals surface area (Å²) in [7, 11) is 0. The van der Waals surface area contributed by atoms with Crippen molar-refractivity contribution in [3.8, 4) is 11.5 Å². The Hall–Kier alpha value is -3.50. The van der Waals surface area contributed by atoms with E-state index >= 15 is 0 Å². The summed E-state index contributed by atoms with van der Waals surface area (Å²) in [5, 5.41) is 5.80. The Morgan fingerprint density at radius 3 is 2.19 bits per heavy atom. The molecule has 1 aromatic carbocycles. The Balaban J connectivity index is 1.04. The minimum absolute atomic E-state index is 0.0477. The van der Waals surface area contributed by atoms with E-state index in [0.717, 1.165) is 104 Å². The molecule has 11 nitrogen and oxygen atoms in total. The first-order chi connectivity index (χ1) is 29.6. The largest absolute Gasteiger partial charge is 0.489 e. The van der Waals surface area contributed by atoms with E-state index in [9.17, 15) is 19.2 Å². The lowest BCUT2D eigenvalue weighted by Gasteiger charge is -2.38. The molecular formula is C51H85N3O8. The van der Waals surface area contributed by atoms with Gasteiger partial charge in [0.1, 0.15) is 36.4 Å². The molecule has 2 N–H and O–H groups in total. The number of esters is 1. The van der Waals surface area contributed by atoms with Gasteiger partial charge in [-0.05, 0) is 114 Å². The summed E-state index contributed by atoms with van der Waals surface area (Å²) in [6.45, 7) is 19.9. The third-order valence-corrected chi connectivity index (χ3v) is 13.8. The number of carbonyl (C=O) groups is 4. The quantitative estimate of drug-likeness (QED) is 0.0660. The average molecular weight is 868 g/mol. The molecule has 4 rings (SSSR count). The zero-order chi connectivity index (χ0) is 45.1. The molecule has 4 atom stereocenters. The lowest BCUT2D eigenvalue weighted by Crippen LogP contribution is -2.37. The van der Waals surface area contributed by atoms with Crippen molar-refractivity contribution in [1.29, 1.82) is 0 Å². The van der Waals surface area contributed by atoms with Gasteiger partial charge in [-0.3, -0.25) is 14.4 Å². The van der Waals surface area contributed by atoms with E-state index in [0.29, 0.717) is 38.9 Å². The van der Waals surface area contributed by atoms with Crippen LogP contribution in [0.3, 0.4) is 0 Å². The highest BCUT2D eigenvalue weighted by molar-refractivity contribution is 5.81. The zero-order valence-electron chi connectivity index (χ0n) is 40.2. The summed E-state index contributed by atoms with van der Waals surface area (Å²) in [6, 6.07) is 0.239. The van der Waals surface area contributed by atoms with Gasteiger partial charge in [0, 0.05) is 44.0 Å². The lowest BCUT2D eigenvalue weighted by molar-refractivity contribution is -0.150. The van der Waals surface area contributed by atoms with Gasteiger partial charge in [-0.25, -0.2) is 4.79 Å². The van der Waals surface area contributed by atoms with E-state index in [-0.39, 0.29) is 61.6 Å². The SMILES string of the molecule is Cc1c(C)c2c(c(C)c1OCCOC(=O)NCCCCCC(=O)N1CC[C@@H](OC(=O)CCC(=O)NC3CCCC3)C1)CC[C@@](C)(CCC[C@H](C)CCC[C@H](C)CCCC(C)C)O2. The fourth-order valence-corrected chi connectivity index (χ4v) is 9.61. The number of alkyl carbamates (subject to hydrolysis) is 1. The van der Waals surface area contributed by atoms with Crippen molar-refractivity contribution < 1.29 is 38.1 Å². The second kappa shape index (κ2) is 26.3. The van der Waals surface area contributed by atoms with E-state index in [2.05, 4.69) is 66.0 Å². The van der Waals surface area contributed by atoms with Gasteiger partial charge >= 0.3 is 12.1 Å². The fraction of sp³-hybridized carbons (Fsp3) is 0.804. The molecule has 2 fully saturated rings. The molecule has 3 aliphatic rings. The number of carbonyl (C=O) groups excluding carboxylic acids is 4. The van der Waals surface area contributed by atoms with Gasteiger partial charge in [0.15, 0.2) is 0 Å². The van der Waals surface area contributed by atoms with Crippen molar-refractivity contribution >= 4 is 23.9 Å². The van der Waals surface area contributed by atoms with Gasteiger partial charge in [-0.15, -0.1) is 0 Å². The molecule has 1 saturated carbocycles. The van der Waals surface area contributed by atoms with Gasteiger partial charge in [-0.1, -0.05) is 91.9 Å². The Morgan fingerprint density at radius 2 is 1.48 bits per heavy atom. The van der Waals surface area contributed by atoms with Crippen LogP contribution < -0.4 is 20.1 Å². The second-order valence-corrected chi connectivity index (χ2v) is 19.9. The minimum atomic E-state index is -0.476. The van der Waals surface area contributed by atoms with Crippen LogP contribution in [0.5, 0.6) is 11.5 Å². The number of rotatable bonds is 27. The van der Waals surface area contributed by atoms with Crippen molar-refractivity contribution in [2.24, 2.45) is 17.8 Å². The number of amides is 3. The van der Waals surface area contributed by atoms with Crippen LogP contribution in [0.2, 0.25) is 0 Å². The van der Waals surface area contributed by atoms with Gasteiger partial charge in [0.2, 0.25) is 11.8 Å². The maximum Gasteiger partial charge on any atom is 0.407 e. The number of benzene rings is 1. The van der Waals surface area contributed by atoms with Crippen molar-refractivity contribution in [2.75, 3.05) is 32.8 Å². The van der Waals surface area contributed by atoms with Crippen LogP contribution in [0.4, 0.5) is 4.79 Å². The molecule has 352 valence electrons. The molecule has 0 spiro atoms. The number of hydrogen-bond acceptors (Lipinski definition) is 8. The third kappa shape index (κ3) is 17.6. The number of unbranched alkanes of at least 4 members (excludes halogenated alkanes) is 2. The normalized spacial score (nSPS) is 19.8. The molecule has 11 heteroatoms. The smallest absolute Gasteiger partial charge is 0.407 e. The highest BCUT2D eigenvalue weighted by Crippen LogP contribution is 2.45. The maximum atomic E-state index is 12.7. The van der Waals surface area contributed by atoms with Gasteiger partial charge in [-0.2, -0.15) is 0 Å². The Labute approximate surface area is 375 Å². The number of fused-ring (bicyclic) bond motifs is 1. The zero-order valence-corrected chi connectivity index (χ0v) is 40.2. The van der Waals surface area contributed by atoms with Crippen LogP contribution in [-0.4, -0.2) is 79.4 Å². The van der Waals surface area contributed by atoms with Crippen molar-refractivity contribution in [3.63, 3.8) is 0 Å². The molecule has 0 aromatic heterocycles. The average Bonchev–Trinajstić information content (AvgIpc) is 3.92. The fourth-order valence-electron chi connectivity index (χ4n) is 9.61. The second-order valence-electron chi connectivity index (χ2n) is 19.9. The first-order valence-electron chi connectivity index (χ1n) is 24.8. The predicted octanol–water partition coefficient (Wildman–Crippen LogP) is 10.8. The van der Waals surface area contributed by atoms with Crippen LogP contribution in [0.25, 0.3) is 0 Å². The number of likely N-dealkylation sites (tertiary alicyclic amines) is 1. The van der Waals surface area contributed by atoms with Crippen LogP contribution in [-0.2, 0) is 30.3 Å². The Bertz CT molecular complexity index is 1570. The topological polar surface area (TPSA) is 132 Å². The molecule has 2 heterocycles. The van der Waals surface area contributed by atoms with Crippen LogP contribution >= 0.6 is 0 Å². The molecule has 1 aromatic rings. The molecule has 1 saturated heterocycles. The van der Waals surface area contributed by atoms with Gasteiger partial charge < -0.3 is 34.5 Å². The Morgan fingerprint density at radius 1 is 0.790 bits per heavy atom. The van der Waals surface area contributed by atoms with E-state index in [1.807, 2.05) is 0 Å². The summed E-state index contributed by atoms with van der Waals surface area (Å²) in [5.74, 6) is 3.86. The molecule has 0 radical (unpaired) electrons. The molecule has 2 aliphatic heterocycles. The van der Waals surface area contributed by atoms with E-state index in [1.165, 1.54) is 56.9 Å². The summed E-state index contributed by atoms with van der Waals surface area (Å²) in [4.78, 5) is 51.3. The van der Waals surface area contributed by atoms with Crippen molar-refractivity contribution in [2.45, 2.75) is 214 Å². The summed E-state index contributed by atoms with van der Waals surface area (Å²) < 4.78 is 24.0. The monoisotopic (exact) mass is 868 g/mol. The number of nitrogens with zero attached hydrogens (tertiary/aromatic N) is 1. The third-order valence-electron chi connectivity index (χ3n) is 13.8.